The zero-order valence-corrected chi connectivity index (χ0v) is 15.9. The molecule has 7 heteroatoms. The van der Waals surface area contributed by atoms with Crippen molar-refractivity contribution in [3.8, 4) is 0 Å². The molecule has 2 N–H and O–H groups in total. The normalized spacial score (nSPS) is 19.2. The molecule has 134 valence electrons. The summed E-state index contributed by atoms with van der Waals surface area (Å²) >= 11 is 3.57. The molecule has 0 aliphatic carbocycles. The summed E-state index contributed by atoms with van der Waals surface area (Å²) in [6.07, 6.45) is 1.97. The lowest BCUT2D eigenvalue weighted by Gasteiger charge is -2.31. The Morgan fingerprint density at radius 2 is 2.20 bits per heavy atom. The topological polar surface area (TPSA) is 59.8 Å². The van der Waals surface area contributed by atoms with Crippen LogP contribution in [-0.4, -0.2) is 38.6 Å². The summed E-state index contributed by atoms with van der Waals surface area (Å²) < 4.78 is 4.61. The van der Waals surface area contributed by atoms with Gasteiger partial charge in [0.15, 0.2) is 6.54 Å². The van der Waals surface area contributed by atoms with Gasteiger partial charge < -0.3 is 15.0 Å². The van der Waals surface area contributed by atoms with Gasteiger partial charge >= 0.3 is 5.97 Å². The van der Waals surface area contributed by atoms with E-state index >= 15 is 0 Å². The van der Waals surface area contributed by atoms with Gasteiger partial charge in [0.2, 0.25) is 0 Å². The maximum absolute atomic E-state index is 12.3. The number of carbonyl (C=O) groups excluding carboxylic acids is 2. The highest BCUT2D eigenvalue weighted by Crippen LogP contribution is 2.31. The zero-order chi connectivity index (χ0) is 17.6. The van der Waals surface area contributed by atoms with Crippen LogP contribution in [0.3, 0.4) is 0 Å². The lowest BCUT2D eigenvalue weighted by Crippen LogP contribution is -3.14. The molecule has 3 rings (SSSR count). The van der Waals surface area contributed by atoms with Crippen LogP contribution in [0.15, 0.2) is 29.0 Å². The number of hydrogen-bond acceptors (Lipinski definition) is 5. The first-order valence-electron chi connectivity index (χ1n) is 8.46. The largest absolute Gasteiger partial charge is 0.469 e. The van der Waals surface area contributed by atoms with Crippen molar-refractivity contribution in [2.24, 2.45) is 0 Å². The van der Waals surface area contributed by atoms with Gasteiger partial charge in [0.25, 0.3) is 5.91 Å². The Kier molecular flexibility index (Phi) is 6.23. The molecule has 5 nitrogen and oxygen atoms in total. The van der Waals surface area contributed by atoms with Gasteiger partial charge in [0.1, 0.15) is 6.04 Å². The Morgan fingerprint density at radius 3 is 2.96 bits per heavy atom. The summed E-state index contributed by atoms with van der Waals surface area (Å²) in [5.74, 6) is -0.196. The minimum atomic E-state index is -0.237. The highest BCUT2D eigenvalue weighted by molar-refractivity contribution is 7.10. The molecule has 2 aromatic heterocycles. The molecular weight excluding hydrogens is 356 g/mol. The van der Waals surface area contributed by atoms with Gasteiger partial charge in [0.05, 0.1) is 18.5 Å². The van der Waals surface area contributed by atoms with Crippen LogP contribution in [0.4, 0.5) is 0 Å². The molecular formula is C18H23N2O3S2+. The van der Waals surface area contributed by atoms with Crippen LogP contribution in [0.25, 0.3) is 0 Å². The molecule has 2 atom stereocenters. The lowest BCUT2D eigenvalue weighted by molar-refractivity contribution is -0.919. The van der Waals surface area contributed by atoms with E-state index in [9.17, 15) is 9.59 Å². The van der Waals surface area contributed by atoms with Gasteiger partial charge in [-0.25, -0.2) is 0 Å². The maximum Gasteiger partial charge on any atom is 0.305 e. The third-order valence-corrected chi connectivity index (χ3v) is 6.43. The van der Waals surface area contributed by atoms with Crippen LogP contribution < -0.4 is 10.2 Å². The molecule has 3 heterocycles. The lowest BCUT2D eigenvalue weighted by atomic mass is 9.98. The number of methoxy groups -OCH3 is 1. The Morgan fingerprint density at radius 1 is 1.32 bits per heavy atom. The van der Waals surface area contributed by atoms with Crippen molar-refractivity contribution in [3.63, 3.8) is 0 Å². The minimum absolute atomic E-state index is 0.0418. The third-order valence-electron chi connectivity index (χ3n) is 4.50. The van der Waals surface area contributed by atoms with E-state index in [4.69, 9.17) is 0 Å². The predicted molar refractivity (Wildman–Crippen MR) is 99.1 cm³/mol. The zero-order valence-electron chi connectivity index (χ0n) is 14.2. The van der Waals surface area contributed by atoms with Gasteiger partial charge in [-0.15, -0.1) is 22.7 Å². The second kappa shape index (κ2) is 8.60. The van der Waals surface area contributed by atoms with E-state index < -0.39 is 0 Å². The fourth-order valence-corrected chi connectivity index (χ4v) is 5.10. The molecule has 0 saturated carbocycles. The minimum Gasteiger partial charge on any atom is -0.469 e. The average Bonchev–Trinajstić information content (AvgIpc) is 3.29. The number of hydrogen-bond donors (Lipinski definition) is 2. The number of carbonyl (C=O) groups is 2. The van der Waals surface area contributed by atoms with Crippen LogP contribution in [0.5, 0.6) is 0 Å². The first-order chi connectivity index (χ1) is 12.2. The van der Waals surface area contributed by atoms with Crippen LogP contribution in [-0.2, 0) is 20.7 Å². The van der Waals surface area contributed by atoms with E-state index in [-0.39, 0.29) is 17.9 Å². The van der Waals surface area contributed by atoms with Gasteiger partial charge in [-0.05, 0) is 29.3 Å². The summed E-state index contributed by atoms with van der Waals surface area (Å²) in [7, 11) is 1.38. The van der Waals surface area contributed by atoms with Crippen molar-refractivity contribution in [1.29, 1.82) is 0 Å². The van der Waals surface area contributed by atoms with E-state index in [0.717, 1.165) is 13.0 Å². The first-order valence-corrected chi connectivity index (χ1v) is 10.2. The van der Waals surface area contributed by atoms with Crippen molar-refractivity contribution in [3.05, 3.63) is 44.3 Å². The molecule has 0 fully saturated rings. The van der Waals surface area contributed by atoms with Crippen molar-refractivity contribution in [1.82, 2.24) is 5.32 Å². The third kappa shape index (κ3) is 4.48. The monoisotopic (exact) mass is 379 g/mol. The fraction of sp³-hybridized carbons (Fsp3) is 0.444. The van der Waals surface area contributed by atoms with Crippen LogP contribution in [0.1, 0.15) is 34.2 Å². The molecule has 0 bridgehead atoms. The number of thiophene rings is 2. The summed E-state index contributed by atoms with van der Waals surface area (Å²) in [6.45, 7) is 1.93. The average molecular weight is 380 g/mol. The number of esters is 1. The van der Waals surface area contributed by atoms with E-state index in [1.807, 2.05) is 11.3 Å². The molecule has 1 aliphatic rings. The molecule has 0 radical (unpaired) electrons. The van der Waals surface area contributed by atoms with Gasteiger partial charge in [0, 0.05) is 29.8 Å². The number of quaternary nitrogens is 1. The smallest absolute Gasteiger partial charge is 0.305 e. The Hall–Kier alpha value is -1.70. The number of amides is 1. The van der Waals surface area contributed by atoms with E-state index in [1.165, 1.54) is 27.3 Å². The Labute approximate surface area is 155 Å². The maximum atomic E-state index is 12.3. The van der Waals surface area contributed by atoms with E-state index in [0.29, 0.717) is 25.9 Å². The second-order valence-corrected chi connectivity index (χ2v) is 8.09. The standard InChI is InChI=1S/C18H22N2O3S2/c1-23-17(22)5-2-8-19-16(21)12-20-9-6-14-13(7-11-25-14)18(20)15-4-3-10-24-15/h3-4,7,10-11,18H,2,5-6,8-9,12H2,1H3,(H,19,21)/p+1/t18-/m0/s1. The van der Waals surface area contributed by atoms with Gasteiger partial charge in [-0.3, -0.25) is 9.59 Å². The molecule has 0 aromatic carbocycles. The Balaban J connectivity index is 1.59. The predicted octanol–water partition coefficient (Wildman–Crippen LogP) is 1.41. The fourth-order valence-electron chi connectivity index (χ4n) is 3.28. The van der Waals surface area contributed by atoms with E-state index in [1.54, 1.807) is 11.3 Å². The molecule has 1 amide bonds. The van der Waals surface area contributed by atoms with Gasteiger partial charge in [-0.2, -0.15) is 0 Å². The number of nitrogens with one attached hydrogen (secondary N) is 2. The first kappa shape index (κ1) is 18.1. The molecule has 2 aromatic rings. The second-order valence-electron chi connectivity index (χ2n) is 6.11. The SMILES string of the molecule is COC(=O)CCCNC(=O)C[NH+]1CCc2sccc2[C@H]1c1cccs1. The van der Waals surface area contributed by atoms with Crippen LogP contribution in [0.2, 0.25) is 0 Å². The van der Waals surface area contributed by atoms with Crippen molar-refractivity contribution in [2.45, 2.75) is 25.3 Å². The molecule has 1 aliphatic heterocycles. The Bertz CT molecular complexity index is 712. The van der Waals surface area contributed by atoms with Crippen LogP contribution >= 0.6 is 22.7 Å². The molecule has 1 unspecified atom stereocenters. The molecule has 0 spiro atoms. The highest BCUT2D eigenvalue weighted by atomic mass is 32.1. The number of rotatable bonds is 7. The number of ether oxygens (including phenoxy) is 1. The van der Waals surface area contributed by atoms with Crippen LogP contribution in [0, 0.1) is 0 Å². The number of fused-ring (bicyclic) bond motifs is 1. The summed E-state index contributed by atoms with van der Waals surface area (Å²) in [4.78, 5) is 27.5. The van der Waals surface area contributed by atoms with Gasteiger partial charge in [-0.1, -0.05) is 6.07 Å². The van der Waals surface area contributed by atoms with Crippen molar-refractivity contribution >= 4 is 34.6 Å². The summed E-state index contributed by atoms with van der Waals surface area (Å²) in [5.41, 5.74) is 1.37. The quantitative estimate of drug-likeness (QED) is 0.565. The summed E-state index contributed by atoms with van der Waals surface area (Å²) in [5, 5.41) is 7.18. The highest BCUT2D eigenvalue weighted by Gasteiger charge is 2.34. The summed E-state index contributed by atoms with van der Waals surface area (Å²) in [6, 6.07) is 6.69. The van der Waals surface area contributed by atoms with E-state index in [2.05, 4.69) is 39.0 Å². The van der Waals surface area contributed by atoms with Crippen molar-refractivity contribution in [2.75, 3.05) is 26.7 Å². The van der Waals surface area contributed by atoms with Crippen molar-refractivity contribution < 1.29 is 19.2 Å². The molecule has 25 heavy (non-hydrogen) atoms. The molecule has 0 saturated heterocycles.